The number of hydrogen-bond donors (Lipinski definition) is 3. The molecule has 1 heterocycles. The molecule has 0 aliphatic heterocycles. The third-order valence-electron chi connectivity index (χ3n) is 4.33. The minimum atomic E-state index is -1.12. The lowest BCUT2D eigenvalue weighted by molar-refractivity contribution is 0.250. The van der Waals surface area contributed by atoms with E-state index in [1.165, 1.54) is 0 Å². The number of rotatable bonds is 7. The first-order chi connectivity index (χ1) is 13.1. The number of likely N-dealkylation sites (N-methyl/N-ethyl adjacent to an activating group) is 1. The zero-order valence-corrected chi connectivity index (χ0v) is 17.8. The maximum absolute atomic E-state index is 12.0. The van der Waals surface area contributed by atoms with Gasteiger partial charge in [0.05, 0.1) is 6.26 Å². The third-order valence-corrected chi connectivity index (χ3v) is 5.97. The average molecular weight is 405 g/mol. The van der Waals surface area contributed by atoms with Crippen molar-refractivity contribution in [1.82, 2.24) is 20.2 Å². The number of benzene rings is 1. The number of urea groups is 1. The fourth-order valence-corrected chi connectivity index (χ4v) is 2.72. The van der Waals surface area contributed by atoms with Gasteiger partial charge in [-0.05, 0) is 63.4 Å². The second kappa shape index (κ2) is 9.22. The van der Waals surface area contributed by atoms with Gasteiger partial charge in [-0.15, -0.1) is 0 Å². The number of nitrogens with one attached hydrogen (secondary N) is 2. The standard InChI is InChI=1S/C19H28N6O2S/c1-19(2,28(5)27)15-12-16(20)24-17(23-15)13-6-8-14(9-7-13)22-18(26)21-10-11-25(3)4/h6-9,12H,10-11H2,1-5H3,(H2,20,23,24)(H2,21,22,26). The highest BCUT2D eigenvalue weighted by Gasteiger charge is 2.33. The number of nitrogens with zero attached hydrogens (tertiary/aromatic N) is 3. The molecule has 0 spiro atoms. The SMILES string of the molecule is CN(C)CCNC(=O)Nc1ccc(-c2nc(N)cc(C(C)(C)[S+](C)[O-])n2)cc1. The topological polar surface area (TPSA) is 119 Å². The maximum Gasteiger partial charge on any atom is 0.319 e. The summed E-state index contributed by atoms with van der Waals surface area (Å²) < 4.78 is 11.4. The minimum absolute atomic E-state index is 0.260. The summed E-state index contributed by atoms with van der Waals surface area (Å²) in [6.07, 6.45) is 1.64. The molecule has 8 nitrogen and oxygen atoms in total. The Labute approximate surface area is 169 Å². The number of hydrogen-bond acceptors (Lipinski definition) is 6. The molecule has 2 amide bonds. The van der Waals surface area contributed by atoms with Crippen LogP contribution >= 0.6 is 0 Å². The first-order valence-electron chi connectivity index (χ1n) is 8.88. The number of anilines is 2. The first kappa shape index (κ1) is 21.9. The van der Waals surface area contributed by atoms with E-state index < -0.39 is 15.9 Å². The quantitative estimate of drug-likeness (QED) is 0.608. The normalized spacial score (nSPS) is 12.7. The molecule has 1 aromatic heterocycles. The van der Waals surface area contributed by atoms with Crippen LogP contribution in [0, 0.1) is 0 Å². The molecule has 0 bridgehead atoms. The van der Waals surface area contributed by atoms with Crippen molar-refractivity contribution in [3.8, 4) is 11.4 Å². The van der Waals surface area contributed by atoms with Crippen molar-refractivity contribution in [1.29, 1.82) is 0 Å². The van der Waals surface area contributed by atoms with Crippen LogP contribution in [0.4, 0.5) is 16.3 Å². The summed E-state index contributed by atoms with van der Waals surface area (Å²) in [6.45, 7) is 5.04. The van der Waals surface area contributed by atoms with Gasteiger partial charge < -0.3 is 25.8 Å². The van der Waals surface area contributed by atoms with Crippen molar-refractivity contribution >= 4 is 28.7 Å². The highest BCUT2D eigenvalue weighted by Crippen LogP contribution is 2.30. The molecular formula is C19H28N6O2S. The van der Waals surface area contributed by atoms with Gasteiger partial charge in [0.15, 0.2) is 10.6 Å². The Bertz CT molecular complexity index is 809. The summed E-state index contributed by atoms with van der Waals surface area (Å²) in [5.41, 5.74) is 7.97. The Balaban J connectivity index is 2.13. The van der Waals surface area contributed by atoms with E-state index in [2.05, 4.69) is 20.6 Å². The van der Waals surface area contributed by atoms with Crippen LogP contribution in [0.1, 0.15) is 19.5 Å². The molecule has 0 aliphatic carbocycles. The zero-order chi connectivity index (χ0) is 20.9. The van der Waals surface area contributed by atoms with Gasteiger partial charge in [-0.3, -0.25) is 0 Å². The van der Waals surface area contributed by atoms with Crippen molar-refractivity contribution in [2.24, 2.45) is 0 Å². The van der Waals surface area contributed by atoms with E-state index in [0.29, 0.717) is 29.6 Å². The average Bonchev–Trinajstić information content (AvgIpc) is 2.61. The van der Waals surface area contributed by atoms with E-state index in [1.807, 2.05) is 45.0 Å². The molecule has 1 aromatic carbocycles. The van der Waals surface area contributed by atoms with E-state index >= 15 is 0 Å². The van der Waals surface area contributed by atoms with Gasteiger partial charge in [0, 0.05) is 30.4 Å². The summed E-state index contributed by atoms with van der Waals surface area (Å²) in [6, 6.07) is 8.56. The monoisotopic (exact) mass is 404 g/mol. The van der Waals surface area contributed by atoms with Crippen LogP contribution in [0.2, 0.25) is 0 Å². The molecule has 2 aromatic rings. The number of carbonyl (C=O) groups excluding carboxylic acids is 1. The summed E-state index contributed by atoms with van der Waals surface area (Å²) in [5.74, 6) is 0.775. The number of aromatic nitrogens is 2. The van der Waals surface area contributed by atoms with Gasteiger partial charge in [-0.2, -0.15) is 0 Å². The molecule has 0 aliphatic rings. The van der Waals surface area contributed by atoms with Crippen molar-refractivity contribution < 1.29 is 9.35 Å². The van der Waals surface area contributed by atoms with E-state index in [9.17, 15) is 9.35 Å². The predicted octanol–water partition coefficient (Wildman–Crippen LogP) is 2.02. The zero-order valence-electron chi connectivity index (χ0n) is 16.9. The first-order valence-corrected chi connectivity index (χ1v) is 10.4. The molecule has 2 rings (SSSR count). The van der Waals surface area contributed by atoms with Crippen LogP contribution in [-0.2, 0) is 15.9 Å². The third kappa shape index (κ3) is 5.82. The van der Waals surface area contributed by atoms with E-state index in [-0.39, 0.29) is 6.03 Å². The number of nitrogen functional groups attached to an aromatic ring is 1. The Morgan fingerprint density at radius 2 is 1.89 bits per heavy atom. The molecule has 28 heavy (non-hydrogen) atoms. The molecule has 1 unspecified atom stereocenters. The molecule has 152 valence electrons. The van der Waals surface area contributed by atoms with Gasteiger partial charge in [0.2, 0.25) is 0 Å². The van der Waals surface area contributed by atoms with Crippen molar-refractivity contribution in [2.75, 3.05) is 44.5 Å². The van der Waals surface area contributed by atoms with E-state index in [4.69, 9.17) is 5.73 Å². The fourth-order valence-electron chi connectivity index (χ4n) is 2.32. The summed E-state index contributed by atoms with van der Waals surface area (Å²) in [7, 11) is 3.89. The predicted molar refractivity (Wildman–Crippen MR) is 115 cm³/mol. The molecule has 0 radical (unpaired) electrons. The number of amides is 2. The smallest absolute Gasteiger partial charge is 0.319 e. The van der Waals surface area contributed by atoms with Gasteiger partial charge in [0.25, 0.3) is 0 Å². The fraction of sp³-hybridized carbons (Fsp3) is 0.421. The largest absolute Gasteiger partial charge is 0.616 e. The summed E-state index contributed by atoms with van der Waals surface area (Å²) in [5, 5.41) is 5.57. The van der Waals surface area contributed by atoms with Crippen LogP contribution < -0.4 is 16.4 Å². The Morgan fingerprint density at radius 3 is 2.46 bits per heavy atom. The van der Waals surface area contributed by atoms with Gasteiger partial charge in [0.1, 0.15) is 11.5 Å². The van der Waals surface area contributed by atoms with Gasteiger partial charge >= 0.3 is 6.03 Å². The lowest BCUT2D eigenvalue weighted by Crippen LogP contribution is -2.34. The van der Waals surface area contributed by atoms with Gasteiger partial charge in [-0.25, -0.2) is 14.8 Å². The molecule has 4 N–H and O–H groups in total. The summed E-state index contributed by atoms with van der Waals surface area (Å²) >= 11 is -1.12. The van der Waals surface area contributed by atoms with Crippen LogP contribution in [-0.4, -0.2) is 58.9 Å². The molecule has 1 atom stereocenters. The Morgan fingerprint density at radius 1 is 1.25 bits per heavy atom. The number of carbonyl (C=O) groups is 1. The highest BCUT2D eigenvalue weighted by atomic mass is 32.2. The van der Waals surface area contributed by atoms with Gasteiger partial charge in [-0.1, -0.05) is 0 Å². The lowest BCUT2D eigenvalue weighted by atomic mass is 10.1. The number of nitrogens with two attached hydrogens (primary N) is 1. The Kier molecular flexibility index (Phi) is 7.22. The Hall–Kier alpha value is -2.36. The second-order valence-electron chi connectivity index (χ2n) is 7.23. The van der Waals surface area contributed by atoms with E-state index in [1.54, 1.807) is 24.5 Å². The van der Waals surface area contributed by atoms with Crippen molar-refractivity contribution in [2.45, 2.75) is 18.6 Å². The van der Waals surface area contributed by atoms with Crippen molar-refractivity contribution in [3.63, 3.8) is 0 Å². The van der Waals surface area contributed by atoms with Crippen LogP contribution in [0.25, 0.3) is 11.4 Å². The van der Waals surface area contributed by atoms with Crippen molar-refractivity contribution in [3.05, 3.63) is 36.0 Å². The highest BCUT2D eigenvalue weighted by molar-refractivity contribution is 7.91. The lowest BCUT2D eigenvalue weighted by Gasteiger charge is -2.25. The van der Waals surface area contributed by atoms with Crippen LogP contribution in [0.5, 0.6) is 0 Å². The molecular weight excluding hydrogens is 376 g/mol. The maximum atomic E-state index is 12.0. The van der Waals surface area contributed by atoms with E-state index in [0.717, 1.165) is 12.1 Å². The molecule has 0 saturated carbocycles. The molecule has 0 saturated heterocycles. The summed E-state index contributed by atoms with van der Waals surface area (Å²) in [4.78, 5) is 22.7. The van der Waals surface area contributed by atoms with Crippen LogP contribution in [0.3, 0.4) is 0 Å². The molecule has 9 heteroatoms. The second-order valence-corrected chi connectivity index (χ2v) is 9.16. The minimum Gasteiger partial charge on any atom is -0.616 e. The van der Waals surface area contributed by atoms with Crippen LogP contribution in [0.15, 0.2) is 30.3 Å². The molecule has 0 fully saturated rings.